The van der Waals surface area contributed by atoms with Gasteiger partial charge in [0.15, 0.2) is 5.82 Å². The molecule has 2 heterocycles. The number of amides is 1. The van der Waals surface area contributed by atoms with Crippen LogP contribution in [-0.4, -0.2) is 54.6 Å². The van der Waals surface area contributed by atoms with Gasteiger partial charge < -0.3 is 25.6 Å². The zero-order valence-electron chi connectivity index (χ0n) is 22.3. The van der Waals surface area contributed by atoms with Gasteiger partial charge in [-0.15, -0.1) is 0 Å². The smallest absolute Gasteiger partial charge is 0.253 e. The number of benzene rings is 3. The normalized spacial score (nSPS) is 12.3. The minimum absolute atomic E-state index is 0.0624. The lowest BCUT2D eigenvalue weighted by Crippen LogP contribution is -2.28. The van der Waals surface area contributed by atoms with Crippen LogP contribution in [0.3, 0.4) is 0 Å². The van der Waals surface area contributed by atoms with Gasteiger partial charge in [0.2, 0.25) is 5.95 Å². The van der Waals surface area contributed by atoms with Gasteiger partial charge in [-0.05, 0) is 79.5 Å². The highest BCUT2D eigenvalue weighted by Crippen LogP contribution is 2.44. The molecule has 1 amide bonds. The second-order valence-corrected chi connectivity index (χ2v) is 9.93. The van der Waals surface area contributed by atoms with Gasteiger partial charge in [0.25, 0.3) is 5.91 Å². The highest BCUT2D eigenvalue weighted by Gasteiger charge is 2.27. The molecule has 0 saturated heterocycles. The average Bonchev–Trinajstić information content (AvgIpc) is 3.12. The van der Waals surface area contributed by atoms with Gasteiger partial charge in [-0.3, -0.25) is 4.79 Å². The van der Waals surface area contributed by atoms with Crippen molar-refractivity contribution >= 4 is 40.5 Å². The number of rotatable bonds is 8. The first-order valence-corrected chi connectivity index (χ1v) is 13.4. The summed E-state index contributed by atoms with van der Waals surface area (Å²) in [5, 5.41) is 3.76. The standard InChI is InChI=1S/C30H30ClFN6O2/c1-37(15-4-14-33)29(39)19-7-10-22(11-8-19)35-30-34-18-20-13-16-38(28-24(32)5-3-6-26(28)40-2)25-17-21(31)9-12-23(25)27(20)36-30/h3,5-12,17-18H,4,13-16,33H2,1-2H3,(H,34,35,36). The Labute approximate surface area is 237 Å². The molecule has 0 bridgehead atoms. The summed E-state index contributed by atoms with van der Waals surface area (Å²) in [5.74, 6) is 0.373. The summed E-state index contributed by atoms with van der Waals surface area (Å²) in [6.07, 6.45) is 3.11. The van der Waals surface area contributed by atoms with Crippen LogP contribution < -0.4 is 20.7 Å². The van der Waals surface area contributed by atoms with Crippen molar-refractivity contribution in [3.63, 3.8) is 0 Å². The lowest BCUT2D eigenvalue weighted by atomic mass is 10.0. The molecular formula is C30H30ClFN6O2. The summed E-state index contributed by atoms with van der Waals surface area (Å²) >= 11 is 6.41. The number of nitrogens with one attached hydrogen (secondary N) is 1. The van der Waals surface area contributed by atoms with Crippen LogP contribution >= 0.6 is 11.6 Å². The lowest BCUT2D eigenvalue weighted by Gasteiger charge is -2.27. The van der Waals surface area contributed by atoms with Gasteiger partial charge in [0, 0.05) is 48.2 Å². The first kappa shape index (κ1) is 27.4. The molecule has 0 atom stereocenters. The van der Waals surface area contributed by atoms with E-state index in [1.807, 2.05) is 29.2 Å². The van der Waals surface area contributed by atoms with Crippen molar-refractivity contribution in [2.75, 3.05) is 44.0 Å². The molecule has 0 saturated carbocycles. The highest BCUT2D eigenvalue weighted by atomic mass is 35.5. The van der Waals surface area contributed by atoms with Gasteiger partial charge in [-0.2, -0.15) is 0 Å². The molecule has 4 aromatic rings. The number of nitrogens with zero attached hydrogens (tertiary/aromatic N) is 4. The number of ether oxygens (including phenoxy) is 1. The van der Waals surface area contributed by atoms with E-state index in [0.29, 0.717) is 54.0 Å². The quantitative estimate of drug-likeness (QED) is 0.281. The van der Waals surface area contributed by atoms with Gasteiger partial charge in [0.1, 0.15) is 11.4 Å². The number of fused-ring (bicyclic) bond motifs is 3. The van der Waals surface area contributed by atoms with E-state index in [-0.39, 0.29) is 5.91 Å². The summed E-state index contributed by atoms with van der Waals surface area (Å²) < 4.78 is 20.6. The van der Waals surface area contributed by atoms with E-state index in [2.05, 4.69) is 10.3 Å². The number of halogens is 2. The van der Waals surface area contributed by atoms with Crippen LogP contribution in [0.2, 0.25) is 5.02 Å². The Morgan fingerprint density at radius 2 is 2.00 bits per heavy atom. The molecule has 0 fully saturated rings. The van der Waals surface area contributed by atoms with E-state index in [0.717, 1.165) is 34.6 Å². The fourth-order valence-corrected chi connectivity index (χ4v) is 4.96. The number of methoxy groups -OCH3 is 1. The summed E-state index contributed by atoms with van der Waals surface area (Å²) in [4.78, 5) is 25.6. The Bertz CT molecular complexity index is 1530. The monoisotopic (exact) mass is 560 g/mol. The second-order valence-electron chi connectivity index (χ2n) is 9.49. The van der Waals surface area contributed by atoms with Gasteiger partial charge >= 0.3 is 0 Å². The topological polar surface area (TPSA) is 96.6 Å². The third kappa shape index (κ3) is 5.57. The maximum atomic E-state index is 15.1. The van der Waals surface area contributed by atoms with Crippen molar-refractivity contribution in [3.05, 3.63) is 88.8 Å². The molecule has 1 aliphatic heterocycles. The Hall–Kier alpha value is -4.21. The minimum atomic E-state index is -0.392. The van der Waals surface area contributed by atoms with Crippen LogP contribution in [0, 0.1) is 5.82 Å². The largest absolute Gasteiger partial charge is 0.494 e. The van der Waals surface area contributed by atoms with Crippen molar-refractivity contribution in [2.45, 2.75) is 12.8 Å². The van der Waals surface area contributed by atoms with Crippen LogP contribution in [-0.2, 0) is 6.42 Å². The Morgan fingerprint density at radius 3 is 2.75 bits per heavy atom. The number of hydrogen-bond acceptors (Lipinski definition) is 7. The van der Waals surface area contributed by atoms with Crippen molar-refractivity contribution in [2.24, 2.45) is 5.73 Å². The summed E-state index contributed by atoms with van der Waals surface area (Å²) in [5.41, 5.74) is 10.4. The summed E-state index contributed by atoms with van der Waals surface area (Å²) in [6, 6.07) is 17.4. The van der Waals surface area contributed by atoms with Crippen LogP contribution in [0.15, 0.2) is 66.9 Å². The van der Waals surface area contributed by atoms with Crippen molar-refractivity contribution in [1.82, 2.24) is 14.9 Å². The molecule has 206 valence electrons. The van der Waals surface area contributed by atoms with Crippen LogP contribution in [0.4, 0.5) is 27.4 Å². The molecule has 0 radical (unpaired) electrons. The molecular weight excluding hydrogens is 531 g/mol. The maximum Gasteiger partial charge on any atom is 0.253 e. The van der Waals surface area contributed by atoms with Gasteiger partial charge in [-0.1, -0.05) is 17.7 Å². The fourth-order valence-electron chi connectivity index (χ4n) is 4.79. The van der Waals surface area contributed by atoms with Gasteiger partial charge in [0.05, 0.1) is 18.5 Å². The zero-order chi connectivity index (χ0) is 28.2. The molecule has 8 nitrogen and oxygen atoms in total. The molecule has 1 aliphatic rings. The lowest BCUT2D eigenvalue weighted by molar-refractivity contribution is 0.0794. The highest BCUT2D eigenvalue weighted by molar-refractivity contribution is 6.31. The summed E-state index contributed by atoms with van der Waals surface area (Å²) in [7, 11) is 3.29. The molecule has 0 unspecified atom stereocenters. The van der Waals surface area contributed by atoms with Crippen molar-refractivity contribution in [1.29, 1.82) is 0 Å². The third-order valence-electron chi connectivity index (χ3n) is 6.85. The van der Waals surface area contributed by atoms with Crippen molar-refractivity contribution in [3.8, 4) is 17.0 Å². The number of hydrogen-bond donors (Lipinski definition) is 2. The Balaban J connectivity index is 1.45. The molecule has 40 heavy (non-hydrogen) atoms. The predicted molar refractivity (Wildman–Crippen MR) is 156 cm³/mol. The van der Waals surface area contributed by atoms with Crippen LogP contribution in [0.5, 0.6) is 5.75 Å². The van der Waals surface area contributed by atoms with Crippen LogP contribution in [0.25, 0.3) is 11.3 Å². The van der Waals surface area contributed by atoms with E-state index in [4.69, 9.17) is 27.1 Å². The van der Waals surface area contributed by atoms with E-state index >= 15 is 4.39 Å². The first-order valence-electron chi connectivity index (χ1n) is 13.0. The average molecular weight is 561 g/mol. The van der Waals surface area contributed by atoms with E-state index in [1.165, 1.54) is 13.2 Å². The second kappa shape index (κ2) is 11.9. The maximum absolute atomic E-state index is 15.1. The number of nitrogens with two attached hydrogens (primary N) is 1. The van der Waals surface area contributed by atoms with E-state index in [1.54, 1.807) is 48.5 Å². The van der Waals surface area contributed by atoms with E-state index < -0.39 is 5.82 Å². The minimum Gasteiger partial charge on any atom is -0.494 e. The number of para-hydroxylation sites is 1. The van der Waals surface area contributed by atoms with Gasteiger partial charge in [-0.25, -0.2) is 14.4 Å². The number of carbonyl (C=O) groups excluding carboxylic acids is 1. The molecule has 3 aromatic carbocycles. The molecule has 0 aliphatic carbocycles. The molecule has 5 rings (SSSR count). The Morgan fingerprint density at radius 1 is 1.20 bits per heavy atom. The number of aromatic nitrogens is 2. The summed E-state index contributed by atoms with van der Waals surface area (Å²) in [6.45, 7) is 1.61. The van der Waals surface area contributed by atoms with E-state index in [9.17, 15) is 4.79 Å². The van der Waals surface area contributed by atoms with Crippen LogP contribution in [0.1, 0.15) is 22.3 Å². The van der Waals surface area contributed by atoms with Crippen molar-refractivity contribution < 1.29 is 13.9 Å². The third-order valence-corrected chi connectivity index (χ3v) is 7.08. The SMILES string of the molecule is COc1cccc(F)c1N1CCc2cnc(Nc3ccc(C(=O)N(C)CCCN)cc3)nc2-c2ccc(Cl)cc21. The molecule has 1 aromatic heterocycles. The number of anilines is 4. The number of carbonyl (C=O) groups is 1. The fraction of sp³-hybridized carbons (Fsp3) is 0.233. The molecule has 3 N–H and O–H groups in total. The predicted octanol–water partition coefficient (Wildman–Crippen LogP) is 5.80. The molecule has 0 spiro atoms. The Kier molecular flexibility index (Phi) is 8.14. The zero-order valence-corrected chi connectivity index (χ0v) is 23.1. The first-order chi connectivity index (χ1) is 19.4. The molecule has 10 heteroatoms.